The normalized spacial score (nSPS) is 19.1. The van der Waals surface area contributed by atoms with E-state index in [0.717, 1.165) is 40.5 Å². The van der Waals surface area contributed by atoms with Gasteiger partial charge in [0.2, 0.25) is 0 Å². The maximum atomic E-state index is 13.0. The Morgan fingerprint density at radius 2 is 2.17 bits per heavy atom. The zero-order valence-electron chi connectivity index (χ0n) is 13.7. The van der Waals surface area contributed by atoms with E-state index in [1.54, 1.807) is 0 Å². The monoisotopic (exact) mass is 310 g/mol. The molecule has 1 aromatic carbocycles. The summed E-state index contributed by atoms with van der Waals surface area (Å²) in [5.74, 6) is 0. The highest BCUT2D eigenvalue weighted by atomic mass is 16.1. The summed E-state index contributed by atoms with van der Waals surface area (Å²) < 4.78 is 1.94. The van der Waals surface area contributed by atoms with Crippen LogP contribution in [0.2, 0.25) is 0 Å². The summed E-state index contributed by atoms with van der Waals surface area (Å²) in [5, 5.41) is 9.09. The lowest BCUT2D eigenvalue weighted by molar-refractivity contribution is 0.286. The SMILES string of the molecule is Cc1[nH]nc2c1c(=O)n(CCC1CCCN1C)c1ccccc21. The van der Waals surface area contributed by atoms with Crippen molar-refractivity contribution in [2.24, 2.45) is 0 Å². The number of pyridine rings is 1. The van der Waals surface area contributed by atoms with Gasteiger partial charge < -0.3 is 9.47 Å². The average molecular weight is 310 g/mol. The molecule has 4 rings (SSSR count). The first-order valence-electron chi connectivity index (χ1n) is 8.33. The number of fused-ring (bicyclic) bond motifs is 3. The summed E-state index contributed by atoms with van der Waals surface area (Å²) >= 11 is 0. The van der Waals surface area contributed by atoms with E-state index in [0.29, 0.717) is 6.04 Å². The number of aryl methyl sites for hydroxylation is 2. The molecule has 1 atom stereocenters. The fraction of sp³-hybridized carbons (Fsp3) is 0.444. The van der Waals surface area contributed by atoms with Crippen molar-refractivity contribution in [2.75, 3.05) is 13.6 Å². The van der Waals surface area contributed by atoms with Crippen molar-refractivity contribution in [1.82, 2.24) is 19.7 Å². The van der Waals surface area contributed by atoms with Gasteiger partial charge in [0.1, 0.15) is 5.52 Å². The number of benzene rings is 1. The molecule has 3 heterocycles. The van der Waals surface area contributed by atoms with Crippen LogP contribution in [0.25, 0.3) is 21.8 Å². The van der Waals surface area contributed by atoms with Crippen molar-refractivity contribution in [3.05, 3.63) is 40.3 Å². The van der Waals surface area contributed by atoms with Crippen molar-refractivity contribution < 1.29 is 0 Å². The number of rotatable bonds is 3. The first-order valence-corrected chi connectivity index (χ1v) is 8.33. The number of hydrogen-bond donors (Lipinski definition) is 1. The van der Waals surface area contributed by atoms with Crippen LogP contribution < -0.4 is 5.56 Å². The average Bonchev–Trinajstić information content (AvgIpc) is 3.14. The van der Waals surface area contributed by atoms with Gasteiger partial charge in [-0.3, -0.25) is 9.89 Å². The van der Waals surface area contributed by atoms with Crippen molar-refractivity contribution in [1.29, 1.82) is 0 Å². The molecule has 3 aromatic rings. The maximum Gasteiger partial charge on any atom is 0.262 e. The largest absolute Gasteiger partial charge is 0.307 e. The van der Waals surface area contributed by atoms with Crippen LogP contribution in [-0.4, -0.2) is 39.3 Å². The second kappa shape index (κ2) is 5.49. The molecule has 1 aliphatic rings. The quantitative estimate of drug-likeness (QED) is 0.809. The molecule has 23 heavy (non-hydrogen) atoms. The number of nitrogens with one attached hydrogen (secondary N) is 1. The van der Waals surface area contributed by atoms with Crippen LogP contribution in [0.4, 0.5) is 0 Å². The Kier molecular flexibility index (Phi) is 3.45. The molecule has 5 heteroatoms. The lowest BCUT2D eigenvalue weighted by atomic mass is 10.1. The van der Waals surface area contributed by atoms with Gasteiger partial charge >= 0.3 is 0 Å². The van der Waals surface area contributed by atoms with Crippen LogP contribution in [0.1, 0.15) is 25.0 Å². The minimum Gasteiger partial charge on any atom is -0.307 e. The van der Waals surface area contributed by atoms with Crippen LogP contribution in [0.3, 0.4) is 0 Å². The molecule has 0 radical (unpaired) electrons. The number of hydrogen-bond acceptors (Lipinski definition) is 3. The Balaban J connectivity index is 1.84. The van der Waals surface area contributed by atoms with Gasteiger partial charge in [0.05, 0.1) is 10.9 Å². The number of nitrogens with zero attached hydrogens (tertiary/aromatic N) is 3. The Morgan fingerprint density at radius 3 is 2.96 bits per heavy atom. The molecule has 5 nitrogen and oxygen atoms in total. The van der Waals surface area contributed by atoms with Gasteiger partial charge in [-0.1, -0.05) is 18.2 Å². The fourth-order valence-corrected chi connectivity index (χ4v) is 3.88. The molecule has 1 unspecified atom stereocenters. The third-order valence-corrected chi connectivity index (χ3v) is 5.21. The minimum atomic E-state index is 0.0746. The molecule has 0 saturated carbocycles. The molecule has 1 saturated heterocycles. The molecule has 0 bridgehead atoms. The van der Waals surface area contributed by atoms with Crippen LogP contribution in [0.15, 0.2) is 29.1 Å². The van der Waals surface area contributed by atoms with E-state index < -0.39 is 0 Å². The van der Waals surface area contributed by atoms with Gasteiger partial charge in [-0.15, -0.1) is 0 Å². The summed E-state index contributed by atoms with van der Waals surface area (Å²) in [6, 6.07) is 8.66. The molecular formula is C18H22N4O. The minimum absolute atomic E-state index is 0.0746. The molecule has 0 spiro atoms. The predicted octanol–water partition coefficient (Wildman–Crippen LogP) is 2.67. The van der Waals surface area contributed by atoms with Gasteiger partial charge in [-0.2, -0.15) is 5.10 Å². The van der Waals surface area contributed by atoms with Crippen molar-refractivity contribution in [2.45, 2.75) is 38.8 Å². The van der Waals surface area contributed by atoms with Crippen LogP contribution in [0.5, 0.6) is 0 Å². The lowest BCUT2D eigenvalue weighted by Crippen LogP contribution is -2.29. The lowest BCUT2D eigenvalue weighted by Gasteiger charge is -2.20. The first kappa shape index (κ1) is 14.5. The molecule has 1 aliphatic heterocycles. The van der Waals surface area contributed by atoms with E-state index >= 15 is 0 Å². The Bertz CT molecular complexity index is 924. The zero-order chi connectivity index (χ0) is 16.0. The van der Waals surface area contributed by atoms with E-state index in [1.165, 1.54) is 19.4 Å². The van der Waals surface area contributed by atoms with E-state index in [4.69, 9.17) is 0 Å². The molecule has 120 valence electrons. The van der Waals surface area contributed by atoms with E-state index in [2.05, 4.69) is 28.2 Å². The van der Waals surface area contributed by atoms with Gasteiger partial charge in [0.25, 0.3) is 5.56 Å². The van der Waals surface area contributed by atoms with Gasteiger partial charge in [0, 0.05) is 23.7 Å². The number of likely N-dealkylation sites (tertiary alicyclic amines) is 1. The van der Waals surface area contributed by atoms with Gasteiger partial charge in [0.15, 0.2) is 0 Å². The third kappa shape index (κ3) is 2.27. The molecule has 0 aliphatic carbocycles. The number of H-pyrrole nitrogens is 1. The topological polar surface area (TPSA) is 53.9 Å². The smallest absolute Gasteiger partial charge is 0.262 e. The molecular weight excluding hydrogens is 288 g/mol. The highest BCUT2D eigenvalue weighted by molar-refractivity contribution is 6.03. The van der Waals surface area contributed by atoms with Crippen molar-refractivity contribution in [3.8, 4) is 0 Å². The van der Waals surface area contributed by atoms with E-state index in [9.17, 15) is 4.79 Å². The summed E-state index contributed by atoms with van der Waals surface area (Å²) in [7, 11) is 2.18. The number of aromatic amines is 1. The third-order valence-electron chi connectivity index (χ3n) is 5.21. The fourth-order valence-electron chi connectivity index (χ4n) is 3.88. The molecule has 2 aromatic heterocycles. The maximum absolute atomic E-state index is 13.0. The first-order chi connectivity index (χ1) is 11.2. The predicted molar refractivity (Wildman–Crippen MR) is 92.9 cm³/mol. The van der Waals surface area contributed by atoms with E-state index in [-0.39, 0.29) is 5.56 Å². The van der Waals surface area contributed by atoms with Gasteiger partial charge in [-0.05, 0) is 45.8 Å². The molecule has 1 fully saturated rings. The Morgan fingerprint density at radius 1 is 1.35 bits per heavy atom. The summed E-state index contributed by atoms with van der Waals surface area (Å²) in [4.78, 5) is 15.4. The van der Waals surface area contributed by atoms with Crippen molar-refractivity contribution >= 4 is 21.8 Å². The Hall–Kier alpha value is -2.14. The highest BCUT2D eigenvalue weighted by Crippen LogP contribution is 2.24. The van der Waals surface area contributed by atoms with Crippen LogP contribution >= 0.6 is 0 Å². The molecule has 1 N–H and O–H groups in total. The van der Waals surface area contributed by atoms with Gasteiger partial charge in [-0.25, -0.2) is 0 Å². The summed E-state index contributed by atoms with van der Waals surface area (Å²) in [5.41, 5.74) is 2.70. The number of para-hydroxylation sites is 1. The second-order valence-electron chi connectivity index (χ2n) is 6.61. The van der Waals surface area contributed by atoms with Crippen LogP contribution in [-0.2, 0) is 6.54 Å². The second-order valence-corrected chi connectivity index (χ2v) is 6.61. The highest BCUT2D eigenvalue weighted by Gasteiger charge is 2.21. The summed E-state index contributed by atoms with van der Waals surface area (Å²) in [6.45, 7) is 3.84. The Labute approximate surface area is 134 Å². The van der Waals surface area contributed by atoms with Crippen molar-refractivity contribution in [3.63, 3.8) is 0 Å². The van der Waals surface area contributed by atoms with E-state index in [1.807, 2.05) is 29.7 Å². The standard InChI is InChI=1S/C18H22N4O/c1-12-16-17(20-19-12)14-7-3-4-8-15(14)22(18(16)23)11-9-13-6-5-10-21(13)2/h3-4,7-8,13H,5-6,9-11H2,1-2H3,(H,19,20). The zero-order valence-corrected chi connectivity index (χ0v) is 13.7. The number of aromatic nitrogens is 3. The molecule has 0 amide bonds. The summed E-state index contributed by atoms with van der Waals surface area (Å²) in [6.07, 6.45) is 3.51. The van der Waals surface area contributed by atoms with Crippen LogP contribution in [0, 0.1) is 6.92 Å².